The van der Waals surface area contributed by atoms with Gasteiger partial charge in [-0.2, -0.15) is 0 Å². The van der Waals surface area contributed by atoms with Crippen LogP contribution in [0.3, 0.4) is 0 Å². The molecule has 1 aromatic carbocycles. The van der Waals surface area contributed by atoms with E-state index in [9.17, 15) is 14.4 Å². The molecule has 37 heavy (non-hydrogen) atoms. The molecule has 2 saturated carbocycles. The second-order valence-corrected chi connectivity index (χ2v) is 10.7. The van der Waals surface area contributed by atoms with E-state index in [1.807, 2.05) is 0 Å². The molecule has 0 heterocycles. The summed E-state index contributed by atoms with van der Waals surface area (Å²) in [6.45, 7) is 6.12. The summed E-state index contributed by atoms with van der Waals surface area (Å²) in [4.78, 5) is 35.9. The van der Waals surface area contributed by atoms with Gasteiger partial charge in [0.25, 0.3) is 0 Å². The molecule has 6 nitrogen and oxygen atoms in total. The normalized spacial score (nSPS) is 23.6. The van der Waals surface area contributed by atoms with Crippen LogP contribution in [-0.2, 0) is 19.1 Å². The van der Waals surface area contributed by atoms with Gasteiger partial charge in [-0.1, -0.05) is 45.6 Å². The quantitative estimate of drug-likeness (QED) is 0.122. The van der Waals surface area contributed by atoms with Gasteiger partial charge in [-0.15, -0.1) is 0 Å². The van der Waals surface area contributed by atoms with Crippen LogP contribution in [0.4, 0.5) is 0 Å². The van der Waals surface area contributed by atoms with Gasteiger partial charge in [0.2, 0.25) is 0 Å². The van der Waals surface area contributed by atoms with Gasteiger partial charge in [0.15, 0.2) is 0 Å². The second-order valence-electron chi connectivity index (χ2n) is 10.7. The molecule has 0 saturated heterocycles. The van der Waals surface area contributed by atoms with Gasteiger partial charge in [0.1, 0.15) is 5.75 Å². The van der Waals surface area contributed by atoms with Crippen molar-refractivity contribution in [2.45, 2.75) is 90.4 Å². The molecule has 2 aliphatic carbocycles. The van der Waals surface area contributed by atoms with E-state index >= 15 is 0 Å². The molecule has 2 fully saturated rings. The maximum absolute atomic E-state index is 12.8. The fraction of sp³-hybridized carbons (Fsp3) is 0.645. The van der Waals surface area contributed by atoms with Crippen LogP contribution in [0.5, 0.6) is 5.75 Å². The maximum atomic E-state index is 12.8. The van der Waals surface area contributed by atoms with E-state index in [2.05, 4.69) is 13.5 Å². The number of esters is 3. The van der Waals surface area contributed by atoms with E-state index in [1.165, 1.54) is 44.9 Å². The average molecular weight is 513 g/mol. The summed E-state index contributed by atoms with van der Waals surface area (Å²) >= 11 is 0. The highest BCUT2D eigenvalue weighted by Crippen LogP contribution is 2.42. The SMILES string of the molecule is C=CC(=O)OCCCCOC(=O)c1ccc(OC(=O)C2CCC(C3CCC(CCCC)CC3)CC2)cc1. The van der Waals surface area contributed by atoms with E-state index in [0.29, 0.717) is 24.2 Å². The van der Waals surface area contributed by atoms with Gasteiger partial charge in [-0.25, -0.2) is 9.59 Å². The number of hydrogen-bond donors (Lipinski definition) is 0. The van der Waals surface area contributed by atoms with Crippen molar-refractivity contribution >= 4 is 17.9 Å². The van der Waals surface area contributed by atoms with E-state index in [-0.39, 0.29) is 25.1 Å². The lowest BCUT2D eigenvalue weighted by atomic mass is 9.68. The zero-order chi connectivity index (χ0) is 26.5. The van der Waals surface area contributed by atoms with E-state index in [1.54, 1.807) is 24.3 Å². The van der Waals surface area contributed by atoms with Crippen molar-refractivity contribution in [3.8, 4) is 5.75 Å². The maximum Gasteiger partial charge on any atom is 0.338 e. The molecule has 0 N–H and O–H groups in total. The van der Waals surface area contributed by atoms with Crippen LogP contribution in [0.15, 0.2) is 36.9 Å². The smallest absolute Gasteiger partial charge is 0.338 e. The Morgan fingerprint density at radius 1 is 0.838 bits per heavy atom. The van der Waals surface area contributed by atoms with Crippen molar-refractivity contribution in [1.82, 2.24) is 0 Å². The number of hydrogen-bond acceptors (Lipinski definition) is 6. The van der Waals surface area contributed by atoms with Gasteiger partial charge in [0.05, 0.1) is 24.7 Å². The van der Waals surface area contributed by atoms with Crippen molar-refractivity contribution in [1.29, 1.82) is 0 Å². The summed E-state index contributed by atoms with van der Waals surface area (Å²) in [6, 6.07) is 6.52. The molecule has 0 aromatic heterocycles. The highest BCUT2D eigenvalue weighted by molar-refractivity contribution is 5.89. The third-order valence-electron chi connectivity index (χ3n) is 8.12. The Kier molecular flexibility index (Phi) is 12.2. The standard InChI is InChI=1S/C31H44O6/c1-3-5-8-23-9-11-24(12-10-23)25-13-15-27(16-14-25)31(34)37-28-19-17-26(18-20-28)30(33)36-22-7-6-21-35-29(32)4-2/h4,17-20,23-25,27H,2-3,5-16,21-22H2,1H3. The minimum atomic E-state index is -0.458. The number of carbonyl (C=O) groups excluding carboxylic acids is 3. The van der Waals surface area contributed by atoms with Crippen LogP contribution < -0.4 is 4.74 Å². The molecular formula is C31H44O6. The molecule has 0 radical (unpaired) electrons. The van der Waals surface area contributed by atoms with Crippen LogP contribution >= 0.6 is 0 Å². The van der Waals surface area contributed by atoms with Crippen LogP contribution in [0, 0.1) is 23.7 Å². The number of unbranched alkanes of at least 4 members (excludes halogenated alkanes) is 2. The third kappa shape index (κ3) is 9.64. The van der Waals surface area contributed by atoms with Crippen LogP contribution in [0.2, 0.25) is 0 Å². The minimum absolute atomic E-state index is 0.0347. The highest BCUT2D eigenvalue weighted by atomic mass is 16.5. The fourth-order valence-corrected chi connectivity index (χ4v) is 5.81. The summed E-state index contributed by atoms with van der Waals surface area (Å²) < 4.78 is 15.8. The van der Waals surface area contributed by atoms with Gasteiger partial charge >= 0.3 is 17.9 Å². The highest BCUT2D eigenvalue weighted by Gasteiger charge is 2.33. The summed E-state index contributed by atoms with van der Waals surface area (Å²) in [5.74, 6) is 1.93. The largest absolute Gasteiger partial charge is 0.463 e. The topological polar surface area (TPSA) is 78.9 Å². The minimum Gasteiger partial charge on any atom is -0.463 e. The van der Waals surface area contributed by atoms with E-state index < -0.39 is 11.9 Å². The summed E-state index contributed by atoms with van der Waals surface area (Å²) in [7, 11) is 0. The van der Waals surface area contributed by atoms with Crippen LogP contribution in [0.25, 0.3) is 0 Å². The fourth-order valence-electron chi connectivity index (χ4n) is 5.81. The van der Waals surface area contributed by atoms with Crippen LogP contribution in [0.1, 0.15) is 101 Å². The van der Waals surface area contributed by atoms with Crippen molar-refractivity contribution in [3.05, 3.63) is 42.5 Å². The zero-order valence-corrected chi connectivity index (χ0v) is 22.5. The Labute approximate surface area is 222 Å². The van der Waals surface area contributed by atoms with E-state index in [4.69, 9.17) is 14.2 Å². The monoisotopic (exact) mass is 512 g/mol. The Morgan fingerprint density at radius 2 is 1.43 bits per heavy atom. The summed E-state index contributed by atoms with van der Waals surface area (Å²) in [5, 5.41) is 0. The van der Waals surface area contributed by atoms with Gasteiger partial charge in [-0.05, 0) is 93.4 Å². The number of rotatable bonds is 13. The molecule has 0 bridgehead atoms. The first-order valence-corrected chi connectivity index (χ1v) is 14.3. The van der Waals surface area contributed by atoms with Gasteiger partial charge in [-0.3, -0.25) is 4.79 Å². The van der Waals surface area contributed by atoms with Crippen molar-refractivity contribution in [3.63, 3.8) is 0 Å². The first-order chi connectivity index (χ1) is 18.0. The first kappa shape index (κ1) is 28.9. The lowest BCUT2D eigenvalue weighted by molar-refractivity contribution is -0.140. The molecule has 0 atom stereocenters. The number of ether oxygens (including phenoxy) is 3. The zero-order valence-electron chi connectivity index (χ0n) is 22.5. The first-order valence-electron chi connectivity index (χ1n) is 14.3. The summed E-state index contributed by atoms with van der Waals surface area (Å²) in [6.07, 6.45) is 16.0. The molecule has 0 aliphatic heterocycles. The number of carbonyl (C=O) groups is 3. The number of benzene rings is 1. The Bertz CT molecular complexity index is 860. The molecule has 6 heteroatoms. The molecule has 0 unspecified atom stereocenters. The van der Waals surface area contributed by atoms with Crippen molar-refractivity contribution < 1.29 is 28.6 Å². The molecule has 3 rings (SSSR count). The predicted molar refractivity (Wildman–Crippen MR) is 143 cm³/mol. The Balaban J connectivity index is 1.32. The lowest BCUT2D eigenvalue weighted by Crippen LogP contribution is -2.30. The van der Waals surface area contributed by atoms with Gasteiger partial charge < -0.3 is 14.2 Å². The predicted octanol–water partition coefficient (Wildman–Crippen LogP) is 7.06. The Hall–Kier alpha value is -2.63. The van der Waals surface area contributed by atoms with E-state index in [0.717, 1.165) is 49.5 Å². The van der Waals surface area contributed by atoms with Crippen molar-refractivity contribution in [2.24, 2.45) is 23.7 Å². The lowest BCUT2D eigenvalue weighted by Gasteiger charge is -2.37. The molecule has 0 spiro atoms. The molecule has 1 aromatic rings. The molecular weight excluding hydrogens is 468 g/mol. The average Bonchev–Trinajstić information content (AvgIpc) is 2.94. The van der Waals surface area contributed by atoms with Crippen molar-refractivity contribution in [2.75, 3.05) is 13.2 Å². The second kappa shape index (κ2) is 15.6. The molecule has 204 valence electrons. The Morgan fingerprint density at radius 3 is 2.03 bits per heavy atom. The molecule has 2 aliphatic rings. The summed E-state index contributed by atoms with van der Waals surface area (Å²) in [5.41, 5.74) is 0.405. The third-order valence-corrected chi connectivity index (χ3v) is 8.12. The van der Waals surface area contributed by atoms with Crippen LogP contribution in [-0.4, -0.2) is 31.1 Å². The molecule has 0 amide bonds. The van der Waals surface area contributed by atoms with Gasteiger partial charge in [0, 0.05) is 6.08 Å².